The van der Waals surface area contributed by atoms with E-state index in [1.165, 1.54) is 24.9 Å². The number of aliphatic imine (C=N–C) groups is 1. The van der Waals surface area contributed by atoms with Crippen molar-refractivity contribution in [3.8, 4) is 0 Å². The first-order chi connectivity index (χ1) is 11.7. The van der Waals surface area contributed by atoms with Gasteiger partial charge in [-0.1, -0.05) is 44.2 Å². The maximum atomic E-state index is 4.55. The summed E-state index contributed by atoms with van der Waals surface area (Å²) in [5.41, 5.74) is 1.45. The van der Waals surface area contributed by atoms with E-state index >= 15 is 0 Å². The van der Waals surface area contributed by atoms with E-state index in [-0.39, 0.29) is 0 Å². The van der Waals surface area contributed by atoms with Gasteiger partial charge in [0.05, 0.1) is 0 Å². The fraction of sp³-hybridized carbons (Fsp3) is 0.650. The number of rotatable bonds is 6. The topological polar surface area (TPSA) is 30.9 Å². The highest BCUT2D eigenvalue weighted by atomic mass is 15.3. The molecule has 1 saturated carbocycles. The van der Waals surface area contributed by atoms with Gasteiger partial charge >= 0.3 is 0 Å². The van der Waals surface area contributed by atoms with Crippen molar-refractivity contribution in [2.45, 2.75) is 38.6 Å². The van der Waals surface area contributed by atoms with Gasteiger partial charge < -0.3 is 15.1 Å². The van der Waals surface area contributed by atoms with Crippen LogP contribution in [0.25, 0.3) is 0 Å². The molecule has 3 unspecified atom stereocenters. The van der Waals surface area contributed by atoms with E-state index in [1.807, 2.05) is 7.05 Å². The molecule has 2 aliphatic rings. The standard InChI is InChI=1S/C20H32N4/c1-4-23(5-2)14-16-11-12-24(15-16)20(21-3)22-19-13-18(19)17-9-7-6-8-10-17/h6-10,16,18-19H,4-5,11-15H2,1-3H3,(H,21,22). The Balaban J connectivity index is 1.50. The third kappa shape index (κ3) is 4.10. The molecule has 3 rings (SSSR count). The summed E-state index contributed by atoms with van der Waals surface area (Å²) in [5, 5.41) is 3.70. The summed E-state index contributed by atoms with van der Waals surface area (Å²) in [5.74, 6) is 2.52. The predicted molar refractivity (Wildman–Crippen MR) is 102 cm³/mol. The van der Waals surface area contributed by atoms with Crippen molar-refractivity contribution in [2.24, 2.45) is 10.9 Å². The lowest BCUT2D eigenvalue weighted by molar-refractivity contribution is 0.255. The Morgan fingerprint density at radius 3 is 2.67 bits per heavy atom. The van der Waals surface area contributed by atoms with Crippen LogP contribution in [-0.2, 0) is 0 Å². The van der Waals surface area contributed by atoms with Crippen molar-refractivity contribution in [3.05, 3.63) is 35.9 Å². The molecule has 1 heterocycles. The van der Waals surface area contributed by atoms with Crippen LogP contribution < -0.4 is 5.32 Å². The highest BCUT2D eigenvalue weighted by Crippen LogP contribution is 2.40. The Labute approximate surface area is 146 Å². The largest absolute Gasteiger partial charge is 0.353 e. The summed E-state index contributed by atoms with van der Waals surface area (Å²) in [4.78, 5) is 9.54. The maximum absolute atomic E-state index is 4.55. The number of guanidine groups is 1. The van der Waals surface area contributed by atoms with E-state index < -0.39 is 0 Å². The molecule has 1 saturated heterocycles. The molecular formula is C20H32N4. The summed E-state index contributed by atoms with van der Waals surface area (Å²) in [6.07, 6.45) is 2.50. The lowest BCUT2D eigenvalue weighted by Gasteiger charge is -2.24. The van der Waals surface area contributed by atoms with Crippen LogP contribution >= 0.6 is 0 Å². The molecule has 3 atom stereocenters. The third-order valence-electron chi connectivity index (χ3n) is 5.54. The van der Waals surface area contributed by atoms with Gasteiger partial charge in [0, 0.05) is 38.6 Å². The Bertz CT molecular complexity index is 538. The summed E-state index contributed by atoms with van der Waals surface area (Å²) in [6, 6.07) is 11.4. The van der Waals surface area contributed by atoms with Crippen molar-refractivity contribution in [1.82, 2.24) is 15.1 Å². The smallest absolute Gasteiger partial charge is 0.193 e. The minimum Gasteiger partial charge on any atom is -0.353 e. The monoisotopic (exact) mass is 328 g/mol. The molecule has 132 valence electrons. The highest BCUT2D eigenvalue weighted by molar-refractivity contribution is 5.81. The Morgan fingerprint density at radius 1 is 1.25 bits per heavy atom. The SMILES string of the molecule is CCN(CC)CC1CCN(C(=NC)NC2CC2c2ccccc2)C1. The van der Waals surface area contributed by atoms with Crippen molar-refractivity contribution < 1.29 is 0 Å². The first-order valence-corrected chi connectivity index (χ1v) is 9.50. The summed E-state index contributed by atoms with van der Waals surface area (Å²) in [7, 11) is 1.92. The zero-order chi connectivity index (χ0) is 16.9. The van der Waals surface area contributed by atoms with Crippen molar-refractivity contribution in [2.75, 3.05) is 39.8 Å². The van der Waals surface area contributed by atoms with Crippen molar-refractivity contribution in [1.29, 1.82) is 0 Å². The van der Waals surface area contributed by atoms with Gasteiger partial charge in [0.25, 0.3) is 0 Å². The molecule has 0 bridgehead atoms. The Hall–Kier alpha value is -1.55. The lowest BCUT2D eigenvalue weighted by atomic mass is 10.1. The van der Waals surface area contributed by atoms with Crippen molar-refractivity contribution >= 4 is 5.96 Å². The van der Waals surface area contributed by atoms with E-state index in [2.05, 4.69) is 64.3 Å². The summed E-state index contributed by atoms with van der Waals surface area (Å²) >= 11 is 0. The predicted octanol–water partition coefficient (Wildman–Crippen LogP) is 2.78. The molecular weight excluding hydrogens is 296 g/mol. The van der Waals surface area contributed by atoms with E-state index in [9.17, 15) is 0 Å². The lowest BCUT2D eigenvalue weighted by Crippen LogP contribution is -2.42. The molecule has 0 aromatic heterocycles. The summed E-state index contributed by atoms with van der Waals surface area (Å²) in [6.45, 7) is 10.3. The van der Waals surface area contributed by atoms with Crippen molar-refractivity contribution in [3.63, 3.8) is 0 Å². The molecule has 4 heteroatoms. The molecule has 24 heavy (non-hydrogen) atoms. The van der Waals surface area contributed by atoms with Crippen LogP contribution in [-0.4, -0.2) is 61.6 Å². The number of likely N-dealkylation sites (tertiary alicyclic amines) is 1. The van der Waals surface area contributed by atoms with Gasteiger partial charge in [-0.3, -0.25) is 4.99 Å². The molecule has 1 aliphatic heterocycles. The van der Waals surface area contributed by atoms with E-state index in [0.717, 1.165) is 38.1 Å². The van der Waals surface area contributed by atoms with Gasteiger partial charge in [0.15, 0.2) is 5.96 Å². The minimum atomic E-state index is 0.549. The van der Waals surface area contributed by atoms with Crippen LogP contribution in [0.2, 0.25) is 0 Å². The molecule has 0 spiro atoms. The normalized spacial score (nSPS) is 26.9. The molecule has 1 aromatic rings. The first-order valence-electron chi connectivity index (χ1n) is 9.50. The van der Waals surface area contributed by atoms with Gasteiger partial charge in [-0.2, -0.15) is 0 Å². The van der Waals surface area contributed by atoms with Crippen LogP contribution in [0.1, 0.15) is 38.2 Å². The van der Waals surface area contributed by atoms with Gasteiger partial charge in [0.2, 0.25) is 0 Å². The Kier molecular flexibility index (Phi) is 5.77. The van der Waals surface area contributed by atoms with Crippen LogP contribution in [0.15, 0.2) is 35.3 Å². The molecule has 1 aliphatic carbocycles. The molecule has 0 amide bonds. The number of nitrogens with zero attached hydrogens (tertiary/aromatic N) is 3. The fourth-order valence-electron chi connectivity index (χ4n) is 3.91. The maximum Gasteiger partial charge on any atom is 0.193 e. The van der Waals surface area contributed by atoms with Gasteiger partial charge in [-0.05, 0) is 37.4 Å². The van der Waals surface area contributed by atoms with E-state index in [0.29, 0.717) is 12.0 Å². The van der Waals surface area contributed by atoms with Gasteiger partial charge in [-0.15, -0.1) is 0 Å². The molecule has 1 N–H and O–H groups in total. The van der Waals surface area contributed by atoms with Gasteiger partial charge in [0.1, 0.15) is 0 Å². The quantitative estimate of drug-likeness (QED) is 0.643. The number of hydrogen-bond donors (Lipinski definition) is 1. The average molecular weight is 329 g/mol. The molecule has 1 aromatic carbocycles. The third-order valence-corrected chi connectivity index (χ3v) is 5.54. The zero-order valence-electron chi connectivity index (χ0n) is 15.4. The van der Waals surface area contributed by atoms with Crippen LogP contribution in [0.5, 0.6) is 0 Å². The number of benzene rings is 1. The van der Waals surface area contributed by atoms with Crippen LogP contribution in [0.3, 0.4) is 0 Å². The fourth-order valence-corrected chi connectivity index (χ4v) is 3.91. The molecule has 2 fully saturated rings. The molecule has 4 nitrogen and oxygen atoms in total. The second-order valence-electron chi connectivity index (χ2n) is 7.14. The average Bonchev–Trinajstić information content (AvgIpc) is 3.26. The van der Waals surface area contributed by atoms with Crippen LogP contribution in [0, 0.1) is 5.92 Å². The molecule has 0 radical (unpaired) electrons. The van der Waals surface area contributed by atoms with E-state index in [4.69, 9.17) is 0 Å². The zero-order valence-corrected chi connectivity index (χ0v) is 15.4. The second kappa shape index (κ2) is 8.02. The number of hydrogen-bond acceptors (Lipinski definition) is 2. The summed E-state index contributed by atoms with van der Waals surface area (Å²) < 4.78 is 0. The van der Waals surface area contributed by atoms with Crippen LogP contribution in [0.4, 0.5) is 0 Å². The number of nitrogens with one attached hydrogen (secondary N) is 1. The minimum absolute atomic E-state index is 0.549. The van der Waals surface area contributed by atoms with E-state index in [1.54, 1.807) is 0 Å². The Morgan fingerprint density at radius 2 is 2.00 bits per heavy atom. The van der Waals surface area contributed by atoms with Gasteiger partial charge in [-0.25, -0.2) is 0 Å². The highest BCUT2D eigenvalue weighted by Gasteiger charge is 2.40. The first kappa shape index (κ1) is 17.3. The second-order valence-corrected chi connectivity index (χ2v) is 7.14.